The van der Waals surface area contributed by atoms with E-state index in [1.54, 1.807) is 11.1 Å². The van der Waals surface area contributed by atoms with Gasteiger partial charge in [0.15, 0.2) is 8.07 Å². The standard InChI is InChI=1S/C70H65BOSi/c1-46-34-48(3)67(49(4)35-46)71(68-50(5)36-47(2)37-51(68)6)58-29-33-66-64(40-58)63-39-55(24-32-65(63)72-66)54-22-25-56(26-23-54)69-41-52-38-53(42-69)44-70(43-52,45-69)57-27-30-62(31-28-57)73(59-16-10-7-11-17-59,60-18-12-8-13-19-60)61-20-14-9-15-21-61/h7-37,39-40,52-53H,38,41-45H2,1-6H3. The third-order valence-electron chi connectivity index (χ3n) is 18.3. The Morgan fingerprint density at radius 2 is 0.808 bits per heavy atom. The summed E-state index contributed by atoms with van der Waals surface area (Å²) in [5.41, 5.74) is 20.0. The van der Waals surface area contributed by atoms with E-state index in [1.807, 2.05) is 0 Å². The quantitative estimate of drug-likeness (QED) is 0.0983. The fraction of sp³-hybridized carbons (Fsp3) is 0.229. The Morgan fingerprint density at radius 3 is 1.27 bits per heavy atom. The lowest BCUT2D eigenvalue weighted by atomic mass is 9.34. The Morgan fingerprint density at radius 1 is 0.411 bits per heavy atom. The summed E-state index contributed by atoms with van der Waals surface area (Å²) < 4.78 is 6.60. The van der Waals surface area contributed by atoms with Gasteiger partial charge in [-0.15, -0.1) is 0 Å². The van der Waals surface area contributed by atoms with Crippen molar-refractivity contribution in [3.63, 3.8) is 0 Å². The van der Waals surface area contributed by atoms with Gasteiger partial charge in [-0.2, -0.15) is 0 Å². The van der Waals surface area contributed by atoms with Crippen LogP contribution in [0, 0.1) is 53.4 Å². The van der Waals surface area contributed by atoms with Gasteiger partial charge in [-0.05, 0) is 164 Å². The van der Waals surface area contributed by atoms with E-state index in [9.17, 15) is 0 Å². The summed E-state index contributed by atoms with van der Waals surface area (Å²) in [5, 5.41) is 8.11. The predicted molar refractivity (Wildman–Crippen MR) is 313 cm³/mol. The number of benzene rings is 9. The highest BCUT2D eigenvalue weighted by atomic mass is 28.3. The molecule has 0 aliphatic heterocycles. The SMILES string of the molecule is Cc1cc(C)c(B(c2ccc3oc4ccc(-c5ccc(C67CC8CC(C6)CC(c6ccc([Si](c9ccccc9)(c9ccccc9)c9ccccc9)cc6)(C8)C7)cc5)cc4c3c2)c2c(C)cc(C)cc2C)c(C)c1. The summed E-state index contributed by atoms with van der Waals surface area (Å²) in [7, 11) is -2.59. The molecule has 0 N–H and O–H groups in total. The first kappa shape index (κ1) is 45.9. The smallest absolute Gasteiger partial charge is 0.242 e. The van der Waals surface area contributed by atoms with Crippen LogP contribution in [0.15, 0.2) is 205 Å². The second kappa shape index (κ2) is 17.6. The van der Waals surface area contributed by atoms with Crippen LogP contribution < -0.4 is 37.1 Å². The molecular formula is C70H65BOSi. The maximum absolute atomic E-state index is 6.60. The lowest BCUT2D eigenvalue weighted by Crippen LogP contribution is -2.74. The van der Waals surface area contributed by atoms with Crippen molar-refractivity contribution in [3.8, 4) is 11.1 Å². The Bertz CT molecular complexity index is 3490. The van der Waals surface area contributed by atoms with E-state index >= 15 is 0 Å². The highest BCUT2D eigenvalue weighted by Crippen LogP contribution is 2.66. The molecule has 10 aromatic rings. The van der Waals surface area contributed by atoms with Crippen LogP contribution in [-0.4, -0.2) is 14.8 Å². The fourth-order valence-corrected chi connectivity index (χ4v) is 20.8. The molecule has 1 nitrogen and oxygen atoms in total. The molecule has 4 bridgehead atoms. The number of rotatable bonds is 10. The van der Waals surface area contributed by atoms with Crippen LogP contribution in [0.2, 0.25) is 0 Å². The Labute approximate surface area is 434 Å². The van der Waals surface area contributed by atoms with Crippen molar-refractivity contribution in [2.75, 3.05) is 0 Å². The molecule has 0 spiro atoms. The molecule has 2 unspecified atom stereocenters. The normalized spacial score (nSPS) is 20.2. The molecular weight excluding hydrogens is 896 g/mol. The molecule has 0 radical (unpaired) electrons. The van der Waals surface area contributed by atoms with Crippen LogP contribution in [0.3, 0.4) is 0 Å². The van der Waals surface area contributed by atoms with Gasteiger partial charge >= 0.3 is 0 Å². The minimum absolute atomic E-state index is 0.106. The minimum atomic E-state index is -2.59. The first-order chi connectivity index (χ1) is 35.5. The highest BCUT2D eigenvalue weighted by molar-refractivity contribution is 7.19. The van der Waals surface area contributed by atoms with Gasteiger partial charge in [0, 0.05) is 10.8 Å². The van der Waals surface area contributed by atoms with Crippen molar-refractivity contribution in [1.29, 1.82) is 0 Å². The predicted octanol–water partition coefficient (Wildman–Crippen LogP) is 12.8. The molecule has 0 amide bonds. The van der Waals surface area contributed by atoms with E-state index in [-0.39, 0.29) is 17.5 Å². The van der Waals surface area contributed by atoms with Crippen LogP contribution in [-0.2, 0) is 10.8 Å². The van der Waals surface area contributed by atoms with E-state index in [4.69, 9.17) is 4.42 Å². The summed E-state index contributed by atoms with van der Waals surface area (Å²) in [6.07, 6.45) is 7.89. The summed E-state index contributed by atoms with van der Waals surface area (Å²) in [4.78, 5) is 0. The van der Waals surface area contributed by atoms with Crippen LogP contribution in [0.5, 0.6) is 0 Å². The molecule has 4 saturated carbocycles. The second-order valence-corrected chi connectivity index (χ2v) is 27.0. The fourth-order valence-electron chi connectivity index (χ4n) is 16.0. The molecule has 4 aliphatic carbocycles. The summed E-state index contributed by atoms with van der Waals surface area (Å²) in [6, 6.07) is 77.4. The monoisotopic (exact) mass is 960 g/mol. The molecule has 1 heterocycles. The van der Waals surface area contributed by atoms with Crippen molar-refractivity contribution in [2.24, 2.45) is 11.8 Å². The van der Waals surface area contributed by atoms with Crippen LogP contribution in [0.4, 0.5) is 0 Å². The Balaban J connectivity index is 0.839. The summed E-state index contributed by atoms with van der Waals surface area (Å²) >= 11 is 0. The molecule has 0 saturated heterocycles. The first-order valence-corrected chi connectivity index (χ1v) is 29.0. The van der Waals surface area contributed by atoms with Gasteiger partial charge < -0.3 is 4.42 Å². The molecule has 1 aromatic heterocycles. The second-order valence-electron chi connectivity index (χ2n) is 23.2. The van der Waals surface area contributed by atoms with E-state index in [2.05, 4.69) is 242 Å². The molecule has 2 atom stereocenters. The third kappa shape index (κ3) is 7.55. The number of fused-ring (bicyclic) bond motifs is 3. The highest BCUT2D eigenvalue weighted by Gasteiger charge is 2.58. The van der Waals surface area contributed by atoms with Gasteiger partial charge in [-0.1, -0.05) is 232 Å². The van der Waals surface area contributed by atoms with E-state index in [1.165, 1.54) is 131 Å². The Hall–Kier alpha value is -6.94. The zero-order chi connectivity index (χ0) is 49.6. The van der Waals surface area contributed by atoms with Crippen LogP contribution in [0.1, 0.15) is 83.0 Å². The lowest BCUT2D eigenvalue weighted by molar-refractivity contribution is -0.0281. The van der Waals surface area contributed by atoms with Gasteiger partial charge in [0.1, 0.15) is 11.2 Å². The first-order valence-electron chi connectivity index (χ1n) is 27.0. The van der Waals surface area contributed by atoms with Crippen LogP contribution in [0.25, 0.3) is 33.1 Å². The number of hydrogen-bond acceptors (Lipinski definition) is 1. The molecule has 73 heavy (non-hydrogen) atoms. The molecule has 4 fully saturated rings. The summed E-state index contributed by atoms with van der Waals surface area (Å²) in [6.45, 7) is 13.7. The van der Waals surface area contributed by atoms with E-state index in [0.717, 1.165) is 23.0 Å². The Kier molecular flexibility index (Phi) is 11.1. The number of aryl methyl sites for hydroxylation is 6. The minimum Gasteiger partial charge on any atom is -0.456 e. The topological polar surface area (TPSA) is 13.1 Å². The zero-order valence-electron chi connectivity index (χ0n) is 43.4. The third-order valence-corrected chi connectivity index (χ3v) is 23.1. The average Bonchev–Trinajstić information content (AvgIpc) is 3.76. The maximum Gasteiger partial charge on any atom is 0.242 e. The van der Waals surface area contributed by atoms with Crippen molar-refractivity contribution < 1.29 is 4.42 Å². The zero-order valence-corrected chi connectivity index (χ0v) is 44.4. The average molecular weight is 961 g/mol. The van der Waals surface area contributed by atoms with Gasteiger partial charge in [0.05, 0.1) is 0 Å². The lowest BCUT2D eigenvalue weighted by Gasteiger charge is -2.63. The molecule has 358 valence electrons. The molecule has 3 heteroatoms. The number of hydrogen-bond donors (Lipinski definition) is 0. The van der Waals surface area contributed by atoms with Crippen LogP contribution >= 0.6 is 0 Å². The van der Waals surface area contributed by atoms with E-state index in [0.29, 0.717) is 0 Å². The largest absolute Gasteiger partial charge is 0.456 e. The van der Waals surface area contributed by atoms with Crippen molar-refractivity contribution in [3.05, 3.63) is 245 Å². The van der Waals surface area contributed by atoms with Gasteiger partial charge in [-0.25, -0.2) is 0 Å². The molecule has 4 aliphatic rings. The molecule has 14 rings (SSSR count). The van der Waals surface area contributed by atoms with Crippen molar-refractivity contribution in [2.45, 2.75) is 90.9 Å². The molecule has 9 aromatic carbocycles. The van der Waals surface area contributed by atoms with Gasteiger partial charge in [0.25, 0.3) is 0 Å². The van der Waals surface area contributed by atoms with Crippen molar-refractivity contribution >= 4 is 73.9 Å². The van der Waals surface area contributed by atoms with E-state index < -0.39 is 8.07 Å². The number of furan rings is 1. The maximum atomic E-state index is 6.60. The summed E-state index contributed by atoms with van der Waals surface area (Å²) in [5.74, 6) is 1.54. The van der Waals surface area contributed by atoms with Crippen molar-refractivity contribution in [1.82, 2.24) is 0 Å². The van der Waals surface area contributed by atoms with Gasteiger partial charge in [0.2, 0.25) is 6.71 Å². The van der Waals surface area contributed by atoms with Gasteiger partial charge in [-0.3, -0.25) is 0 Å².